The molecule has 0 aliphatic carbocycles. The fourth-order valence-corrected chi connectivity index (χ4v) is 2.25. The zero-order chi connectivity index (χ0) is 13.5. The smallest absolute Gasteiger partial charge is 0.216 e. The van der Waals surface area contributed by atoms with Crippen LogP contribution in [0, 0.1) is 0 Å². The third kappa shape index (κ3) is 9.08. The number of rotatable bonds is 8. The van der Waals surface area contributed by atoms with Crippen LogP contribution in [0.4, 0.5) is 0 Å². The predicted molar refractivity (Wildman–Crippen MR) is 68.3 cm³/mol. The summed E-state index contributed by atoms with van der Waals surface area (Å²) in [6.45, 7) is 3.41. The summed E-state index contributed by atoms with van der Waals surface area (Å²) in [6, 6.07) is 0. The monoisotopic (exact) mass is 265 g/mol. The standard InChI is InChI=1S/C10H23N3O3S/c1-10(14)11-6-9-13(17(4,15)16)8-5-7-12(2)3/h5-9H2,1-4H3,(H,11,14). The Morgan fingerprint density at radius 2 is 1.76 bits per heavy atom. The van der Waals surface area contributed by atoms with Gasteiger partial charge in [-0.25, -0.2) is 12.7 Å². The number of nitrogens with one attached hydrogen (secondary N) is 1. The molecule has 1 N–H and O–H groups in total. The normalized spacial score (nSPS) is 12.1. The van der Waals surface area contributed by atoms with Crippen molar-refractivity contribution in [1.82, 2.24) is 14.5 Å². The number of carbonyl (C=O) groups is 1. The predicted octanol–water partition coefficient (Wildman–Crippen LogP) is -0.664. The first-order valence-electron chi connectivity index (χ1n) is 5.57. The number of sulfonamides is 1. The van der Waals surface area contributed by atoms with Gasteiger partial charge in [0.1, 0.15) is 0 Å². The van der Waals surface area contributed by atoms with Crippen LogP contribution in [0.2, 0.25) is 0 Å². The average Bonchev–Trinajstić information content (AvgIpc) is 2.12. The zero-order valence-electron chi connectivity index (χ0n) is 11.1. The van der Waals surface area contributed by atoms with Gasteiger partial charge in [-0.1, -0.05) is 0 Å². The van der Waals surface area contributed by atoms with Gasteiger partial charge in [-0.15, -0.1) is 0 Å². The van der Waals surface area contributed by atoms with Crippen molar-refractivity contribution in [3.8, 4) is 0 Å². The molecule has 0 aliphatic rings. The van der Waals surface area contributed by atoms with Crippen LogP contribution in [0.3, 0.4) is 0 Å². The highest BCUT2D eigenvalue weighted by molar-refractivity contribution is 7.88. The Morgan fingerprint density at radius 1 is 1.18 bits per heavy atom. The Morgan fingerprint density at radius 3 is 2.18 bits per heavy atom. The molecule has 0 aromatic rings. The summed E-state index contributed by atoms with van der Waals surface area (Å²) in [5.74, 6) is -0.147. The first kappa shape index (κ1) is 16.3. The molecule has 0 fully saturated rings. The molecule has 0 spiro atoms. The third-order valence-corrected chi connectivity index (χ3v) is 3.52. The lowest BCUT2D eigenvalue weighted by molar-refractivity contribution is -0.118. The second-order valence-electron chi connectivity index (χ2n) is 4.30. The molecular formula is C10H23N3O3S. The fraction of sp³-hybridized carbons (Fsp3) is 0.900. The van der Waals surface area contributed by atoms with Gasteiger partial charge in [0.05, 0.1) is 6.26 Å². The number of amides is 1. The van der Waals surface area contributed by atoms with Crippen molar-refractivity contribution in [2.45, 2.75) is 13.3 Å². The molecule has 0 unspecified atom stereocenters. The van der Waals surface area contributed by atoms with E-state index in [1.807, 2.05) is 19.0 Å². The minimum absolute atomic E-state index is 0.147. The Hall–Kier alpha value is -0.660. The lowest BCUT2D eigenvalue weighted by atomic mass is 10.4. The molecule has 1 amide bonds. The Kier molecular flexibility index (Phi) is 7.33. The van der Waals surface area contributed by atoms with Crippen molar-refractivity contribution in [2.75, 3.05) is 46.5 Å². The lowest BCUT2D eigenvalue weighted by Crippen LogP contribution is -2.38. The molecule has 102 valence electrons. The van der Waals surface area contributed by atoms with Crippen molar-refractivity contribution in [1.29, 1.82) is 0 Å². The third-order valence-electron chi connectivity index (χ3n) is 2.22. The largest absolute Gasteiger partial charge is 0.355 e. The van der Waals surface area contributed by atoms with Gasteiger partial charge in [-0.3, -0.25) is 4.79 Å². The van der Waals surface area contributed by atoms with Crippen LogP contribution in [-0.2, 0) is 14.8 Å². The number of carbonyl (C=O) groups excluding carboxylic acids is 1. The Bertz CT molecular complexity index is 328. The van der Waals surface area contributed by atoms with Crippen LogP contribution in [0.15, 0.2) is 0 Å². The summed E-state index contributed by atoms with van der Waals surface area (Å²) < 4.78 is 24.4. The summed E-state index contributed by atoms with van der Waals surface area (Å²) in [7, 11) is 0.696. The highest BCUT2D eigenvalue weighted by atomic mass is 32.2. The lowest BCUT2D eigenvalue weighted by Gasteiger charge is -2.20. The van der Waals surface area contributed by atoms with Crippen molar-refractivity contribution >= 4 is 15.9 Å². The zero-order valence-corrected chi connectivity index (χ0v) is 11.9. The van der Waals surface area contributed by atoms with Crippen LogP contribution >= 0.6 is 0 Å². The maximum absolute atomic E-state index is 11.5. The van der Waals surface area contributed by atoms with E-state index in [2.05, 4.69) is 5.32 Å². The van der Waals surface area contributed by atoms with Crippen molar-refractivity contribution in [3.05, 3.63) is 0 Å². The first-order valence-corrected chi connectivity index (χ1v) is 7.42. The van der Waals surface area contributed by atoms with Gasteiger partial charge >= 0.3 is 0 Å². The van der Waals surface area contributed by atoms with Crippen LogP contribution in [0.25, 0.3) is 0 Å². The molecular weight excluding hydrogens is 242 g/mol. The number of nitrogens with zero attached hydrogens (tertiary/aromatic N) is 2. The van der Waals surface area contributed by atoms with Gasteiger partial charge in [-0.05, 0) is 27.1 Å². The average molecular weight is 265 g/mol. The molecule has 0 aliphatic heterocycles. The molecule has 0 saturated heterocycles. The van der Waals surface area contributed by atoms with Gasteiger partial charge in [-0.2, -0.15) is 0 Å². The molecule has 0 saturated carbocycles. The first-order chi connectivity index (χ1) is 7.73. The Labute approximate surface area is 104 Å². The number of hydrogen-bond donors (Lipinski definition) is 1. The second-order valence-corrected chi connectivity index (χ2v) is 6.28. The Balaban J connectivity index is 4.12. The van der Waals surface area contributed by atoms with E-state index in [1.54, 1.807) is 0 Å². The molecule has 17 heavy (non-hydrogen) atoms. The summed E-state index contributed by atoms with van der Waals surface area (Å²) in [4.78, 5) is 12.7. The topological polar surface area (TPSA) is 69.7 Å². The fourth-order valence-electron chi connectivity index (χ4n) is 1.36. The van der Waals surface area contributed by atoms with Crippen molar-refractivity contribution in [3.63, 3.8) is 0 Å². The molecule has 0 aromatic carbocycles. The van der Waals surface area contributed by atoms with E-state index in [0.717, 1.165) is 13.0 Å². The summed E-state index contributed by atoms with van der Waals surface area (Å²) in [5, 5.41) is 2.59. The van der Waals surface area contributed by atoms with E-state index < -0.39 is 10.0 Å². The van der Waals surface area contributed by atoms with E-state index in [0.29, 0.717) is 19.6 Å². The van der Waals surface area contributed by atoms with Gasteiger partial charge in [0.15, 0.2) is 0 Å². The van der Waals surface area contributed by atoms with Gasteiger partial charge in [0, 0.05) is 26.6 Å². The van der Waals surface area contributed by atoms with Crippen LogP contribution in [0.5, 0.6) is 0 Å². The van der Waals surface area contributed by atoms with E-state index in [-0.39, 0.29) is 5.91 Å². The van der Waals surface area contributed by atoms with E-state index in [9.17, 15) is 13.2 Å². The molecule has 0 radical (unpaired) electrons. The SMILES string of the molecule is CC(=O)NCCN(CCCN(C)C)S(C)(=O)=O. The number of hydrogen-bond acceptors (Lipinski definition) is 4. The molecule has 0 heterocycles. The second kappa shape index (κ2) is 7.62. The summed E-state index contributed by atoms with van der Waals surface area (Å²) >= 11 is 0. The molecule has 0 aromatic heterocycles. The van der Waals surface area contributed by atoms with Crippen molar-refractivity contribution in [2.24, 2.45) is 0 Å². The van der Waals surface area contributed by atoms with Crippen LogP contribution < -0.4 is 5.32 Å². The minimum atomic E-state index is -3.20. The van der Waals surface area contributed by atoms with Crippen molar-refractivity contribution < 1.29 is 13.2 Å². The summed E-state index contributed by atoms with van der Waals surface area (Å²) in [6.07, 6.45) is 1.97. The van der Waals surface area contributed by atoms with E-state index >= 15 is 0 Å². The van der Waals surface area contributed by atoms with E-state index in [4.69, 9.17) is 0 Å². The van der Waals surface area contributed by atoms with Crippen LogP contribution in [0.1, 0.15) is 13.3 Å². The quantitative estimate of drug-likeness (QED) is 0.632. The molecule has 0 atom stereocenters. The van der Waals surface area contributed by atoms with Gasteiger partial charge < -0.3 is 10.2 Å². The highest BCUT2D eigenvalue weighted by Gasteiger charge is 2.15. The van der Waals surface area contributed by atoms with E-state index in [1.165, 1.54) is 17.5 Å². The molecule has 0 rings (SSSR count). The molecule has 6 nitrogen and oxygen atoms in total. The maximum Gasteiger partial charge on any atom is 0.216 e. The highest BCUT2D eigenvalue weighted by Crippen LogP contribution is 1.99. The van der Waals surface area contributed by atoms with Crippen LogP contribution in [-0.4, -0.2) is 70.1 Å². The summed E-state index contributed by atoms with van der Waals surface area (Å²) in [5.41, 5.74) is 0. The minimum Gasteiger partial charge on any atom is -0.355 e. The van der Waals surface area contributed by atoms with Gasteiger partial charge in [0.25, 0.3) is 0 Å². The maximum atomic E-state index is 11.5. The molecule has 0 bridgehead atoms. The molecule has 7 heteroatoms. The van der Waals surface area contributed by atoms with Gasteiger partial charge in [0.2, 0.25) is 15.9 Å².